The zero-order valence-corrected chi connectivity index (χ0v) is 12.8. The Kier molecular flexibility index (Phi) is 2.81. The second-order valence-corrected chi connectivity index (χ2v) is 7.42. The number of carbonyl (C=O) groups is 1. The molecule has 1 aromatic rings. The zero-order chi connectivity index (χ0) is 14.7. The molecule has 0 saturated heterocycles. The van der Waals surface area contributed by atoms with Gasteiger partial charge in [-0.25, -0.2) is 0 Å². The summed E-state index contributed by atoms with van der Waals surface area (Å²) in [4.78, 5) is 12.8. The van der Waals surface area contributed by atoms with E-state index in [0.717, 1.165) is 17.5 Å². The second-order valence-electron chi connectivity index (χ2n) is 7.42. The summed E-state index contributed by atoms with van der Waals surface area (Å²) in [6, 6.07) is 0. The van der Waals surface area contributed by atoms with E-state index in [0.29, 0.717) is 23.3 Å². The fourth-order valence-corrected chi connectivity index (χ4v) is 5.38. The number of aryl methyl sites for hydroxylation is 2. The number of anilines is 2. The van der Waals surface area contributed by atoms with Crippen molar-refractivity contribution in [3.8, 4) is 0 Å². The highest BCUT2D eigenvalue weighted by Crippen LogP contribution is 2.56. The number of nitrogens with two attached hydrogens (primary N) is 1. The van der Waals surface area contributed by atoms with Gasteiger partial charge in [0, 0.05) is 13.0 Å². The van der Waals surface area contributed by atoms with E-state index >= 15 is 0 Å². The number of nitrogen functional groups attached to an aromatic ring is 1. The van der Waals surface area contributed by atoms with Crippen molar-refractivity contribution in [2.45, 2.75) is 39.0 Å². The SMILES string of the molecule is Cc1nn(C)c(NC(=O)C2C3CC4CC(C3)CC2C4)c1N. The summed E-state index contributed by atoms with van der Waals surface area (Å²) < 4.78 is 1.68. The molecule has 5 heteroatoms. The van der Waals surface area contributed by atoms with Crippen molar-refractivity contribution in [1.82, 2.24) is 9.78 Å². The maximum Gasteiger partial charge on any atom is 0.229 e. The maximum atomic E-state index is 12.8. The first kappa shape index (κ1) is 13.2. The highest BCUT2D eigenvalue weighted by atomic mass is 16.2. The Morgan fingerprint density at radius 2 is 1.76 bits per heavy atom. The molecule has 4 bridgehead atoms. The van der Waals surface area contributed by atoms with Crippen LogP contribution >= 0.6 is 0 Å². The standard InChI is InChI=1S/C16H24N4O/c1-8-14(17)15(20(2)19-8)18-16(21)13-11-4-9-3-10(6-11)7-12(13)5-9/h9-13H,3-7,17H2,1-2H3,(H,18,21). The third-order valence-corrected chi connectivity index (χ3v) is 6.04. The summed E-state index contributed by atoms with van der Waals surface area (Å²) in [6.07, 6.45) is 6.43. The number of nitrogens with zero attached hydrogens (tertiary/aromatic N) is 2. The Balaban J connectivity index is 1.55. The largest absolute Gasteiger partial charge is 0.394 e. The van der Waals surface area contributed by atoms with Gasteiger partial charge in [-0.05, 0) is 62.7 Å². The van der Waals surface area contributed by atoms with E-state index in [-0.39, 0.29) is 11.8 Å². The number of hydrogen-bond donors (Lipinski definition) is 2. The Hall–Kier alpha value is -1.52. The van der Waals surface area contributed by atoms with E-state index in [1.807, 2.05) is 14.0 Å². The number of hydrogen-bond acceptors (Lipinski definition) is 3. The molecule has 5 nitrogen and oxygen atoms in total. The molecule has 3 N–H and O–H groups in total. The van der Waals surface area contributed by atoms with Crippen LogP contribution in [0.4, 0.5) is 11.5 Å². The fraction of sp³-hybridized carbons (Fsp3) is 0.750. The molecule has 0 atom stereocenters. The van der Waals surface area contributed by atoms with Gasteiger partial charge in [-0.15, -0.1) is 0 Å². The van der Waals surface area contributed by atoms with Crippen LogP contribution in [0.5, 0.6) is 0 Å². The summed E-state index contributed by atoms with van der Waals surface area (Å²) in [5.41, 5.74) is 7.40. The van der Waals surface area contributed by atoms with Crippen LogP contribution in [0.3, 0.4) is 0 Å². The molecule has 114 valence electrons. The van der Waals surface area contributed by atoms with Gasteiger partial charge in [-0.2, -0.15) is 5.10 Å². The monoisotopic (exact) mass is 288 g/mol. The Labute approximate surface area is 125 Å². The summed E-state index contributed by atoms with van der Waals surface area (Å²) in [5.74, 6) is 3.98. The highest BCUT2D eigenvalue weighted by Gasteiger charge is 2.50. The molecule has 1 amide bonds. The molecule has 1 aromatic heterocycles. The van der Waals surface area contributed by atoms with Crippen molar-refractivity contribution in [1.29, 1.82) is 0 Å². The van der Waals surface area contributed by atoms with Crippen molar-refractivity contribution >= 4 is 17.4 Å². The van der Waals surface area contributed by atoms with E-state index in [9.17, 15) is 4.79 Å². The van der Waals surface area contributed by atoms with Crippen LogP contribution < -0.4 is 11.1 Å². The van der Waals surface area contributed by atoms with Gasteiger partial charge in [-0.1, -0.05) is 0 Å². The summed E-state index contributed by atoms with van der Waals surface area (Å²) >= 11 is 0. The van der Waals surface area contributed by atoms with Crippen LogP contribution in [0.15, 0.2) is 0 Å². The summed E-state index contributed by atoms with van der Waals surface area (Å²) in [6.45, 7) is 1.87. The lowest BCUT2D eigenvalue weighted by atomic mass is 9.51. The molecule has 0 aromatic carbocycles. The van der Waals surface area contributed by atoms with E-state index in [4.69, 9.17) is 5.73 Å². The average molecular weight is 288 g/mol. The van der Waals surface area contributed by atoms with E-state index in [2.05, 4.69) is 10.4 Å². The van der Waals surface area contributed by atoms with Crippen LogP contribution in [-0.2, 0) is 11.8 Å². The minimum absolute atomic E-state index is 0.165. The molecular formula is C16H24N4O. The molecule has 0 spiro atoms. The van der Waals surface area contributed by atoms with Gasteiger partial charge in [0.15, 0.2) is 5.82 Å². The quantitative estimate of drug-likeness (QED) is 0.877. The number of aromatic nitrogens is 2. The van der Waals surface area contributed by atoms with E-state index in [1.165, 1.54) is 32.1 Å². The van der Waals surface area contributed by atoms with Crippen LogP contribution in [0.2, 0.25) is 0 Å². The summed E-state index contributed by atoms with van der Waals surface area (Å²) in [5, 5.41) is 7.34. The molecule has 0 aliphatic heterocycles. The third-order valence-electron chi connectivity index (χ3n) is 6.04. The van der Waals surface area contributed by atoms with Gasteiger partial charge >= 0.3 is 0 Å². The minimum atomic E-state index is 0.165. The molecule has 4 aliphatic rings. The first-order valence-corrected chi connectivity index (χ1v) is 8.13. The van der Waals surface area contributed by atoms with Gasteiger partial charge in [-0.3, -0.25) is 9.48 Å². The maximum absolute atomic E-state index is 12.8. The van der Waals surface area contributed by atoms with Crippen molar-refractivity contribution in [3.63, 3.8) is 0 Å². The van der Waals surface area contributed by atoms with Crippen LogP contribution in [0.25, 0.3) is 0 Å². The van der Waals surface area contributed by atoms with Gasteiger partial charge in [0.1, 0.15) is 0 Å². The normalized spacial score (nSPS) is 37.0. The fourth-order valence-electron chi connectivity index (χ4n) is 5.38. The van der Waals surface area contributed by atoms with Gasteiger partial charge in [0.05, 0.1) is 11.4 Å². The molecule has 4 fully saturated rings. The van der Waals surface area contributed by atoms with Crippen LogP contribution in [-0.4, -0.2) is 15.7 Å². The smallest absolute Gasteiger partial charge is 0.229 e. The van der Waals surface area contributed by atoms with Crippen molar-refractivity contribution in [2.75, 3.05) is 11.1 Å². The molecular weight excluding hydrogens is 264 g/mol. The van der Waals surface area contributed by atoms with Gasteiger partial charge < -0.3 is 11.1 Å². The second kappa shape index (κ2) is 4.49. The molecule has 0 unspecified atom stereocenters. The van der Waals surface area contributed by atoms with Crippen molar-refractivity contribution < 1.29 is 4.79 Å². The Bertz CT molecular complexity index is 563. The van der Waals surface area contributed by atoms with E-state index in [1.54, 1.807) is 4.68 Å². The Morgan fingerprint density at radius 3 is 2.24 bits per heavy atom. The lowest BCUT2D eigenvalue weighted by Gasteiger charge is -2.53. The van der Waals surface area contributed by atoms with Crippen molar-refractivity contribution in [3.05, 3.63) is 5.69 Å². The average Bonchev–Trinajstić information content (AvgIpc) is 2.64. The number of nitrogens with one attached hydrogen (secondary N) is 1. The number of amides is 1. The highest BCUT2D eigenvalue weighted by molar-refractivity contribution is 5.95. The zero-order valence-electron chi connectivity index (χ0n) is 12.8. The predicted molar refractivity (Wildman–Crippen MR) is 81.5 cm³/mol. The Morgan fingerprint density at radius 1 is 1.19 bits per heavy atom. The van der Waals surface area contributed by atoms with Crippen molar-refractivity contribution in [2.24, 2.45) is 36.6 Å². The van der Waals surface area contributed by atoms with Gasteiger partial charge in [0.25, 0.3) is 0 Å². The number of rotatable bonds is 2. The molecule has 4 aliphatic carbocycles. The lowest BCUT2D eigenvalue weighted by molar-refractivity contribution is -0.132. The van der Waals surface area contributed by atoms with Gasteiger partial charge in [0.2, 0.25) is 5.91 Å². The molecule has 5 rings (SSSR count). The topological polar surface area (TPSA) is 72.9 Å². The third kappa shape index (κ3) is 1.97. The molecule has 21 heavy (non-hydrogen) atoms. The predicted octanol–water partition coefficient (Wildman–Crippen LogP) is 2.32. The first-order valence-electron chi connectivity index (χ1n) is 8.13. The first-order chi connectivity index (χ1) is 10.0. The molecule has 4 saturated carbocycles. The summed E-state index contributed by atoms with van der Waals surface area (Å²) in [7, 11) is 1.83. The van der Waals surface area contributed by atoms with Crippen LogP contribution in [0.1, 0.15) is 37.8 Å². The molecule has 1 heterocycles. The lowest BCUT2D eigenvalue weighted by Crippen LogP contribution is -2.49. The molecule has 0 radical (unpaired) electrons. The minimum Gasteiger partial charge on any atom is -0.394 e. The number of carbonyl (C=O) groups excluding carboxylic acids is 1. The van der Waals surface area contributed by atoms with E-state index < -0.39 is 0 Å². The van der Waals surface area contributed by atoms with Crippen LogP contribution in [0, 0.1) is 36.5 Å².